The van der Waals surface area contributed by atoms with Gasteiger partial charge < -0.3 is 0 Å². The first-order chi connectivity index (χ1) is 9.50. The first-order valence-electron chi connectivity index (χ1n) is 8.10. The third-order valence-corrected chi connectivity index (χ3v) is 16.7. The van der Waals surface area contributed by atoms with Crippen LogP contribution in [0, 0.1) is 0 Å². The van der Waals surface area contributed by atoms with Gasteiger partial charge in [0.1, 0.15) is 0 Å². The summed E-state index contributed by atoms with van der Waals surface area (Å²) in [7, 11) is 0.0265. The molecule has 0 spiro atoms. The van der Waals surface area contributed by atoms with Gasteiger partial charge in [-0.25, -0.2) is 0 Å². The van der Waals surface area contributed by atoms with Gasteiger partial charge in [-0.3, -0.25) is 0 Å². The van der Waals surface area contributed by atoms with Gasteiger partial charge in [0.15, 0.2) is 0 Å². The average molecular weight is 400 g/mol. The van der Waals surface area contributed by atoms with Crippen molar-refractivity contribution in [2.75, 3.05) is 15.2 Å². The van der Waals surface area contributed by atoms with E-state index in [4.69, 9.17) is 0 Å². The zero-order chi connectivity index (χ0) is 15.0. The summed E-state index contributed by atoms with van der Waals surface area (Å²) in [6, 6.07) is 11.2. The molecule has 20 heavy (non-hydrogen) atoms. The van der Waals surface area contributed by atoms with Gasteiger partial charge in [0, 0.05) is 0 Å². The van der Waals surface area contributed by atoms with Gasteiger partial charge >= 0.3 is 132 Å². The Balaban J connectivity index is 2.98. The molecule has 114 valence electrons. The molecule has 1 rings (SSSR count). The topological polar surface area (TPSA) is 3.24 Å². The first-order valence-corrected chi connectivity index (χ1v) is 19.6. The number of hydrogen-bond donors (Lipinski definition) is 0. The Labute approximate surface area is 132 Å². The normalized spacial score (nSPS) is 11.9. The van der Waals surface area contributed by atoms with E-state index in [2.05, 4.69) is 61.9 Å². The van der Waals surface area contributed by atoms with Gasteiger partial charge in [-0.2, -0.15) is 0 Å². The second kappa shape index (κ2) is 9.30. The molecule has 0 N–H and O–H groups in total. The molecule has 0 saturated carbocycles. The van der Waals surface area contributed by atoms with Crippen LogP contribution in [0.4, 0.5) is 5.69 Å². The van der Waals surface area contributed by atoms with Gasteiger partial charge in [-0.15, -0.1) is 0 Å². The summed E-state index contributed by atoms with van der Waals surface area (Å²) in [4.78, 5) is 7.69. The van der Waals surface area contributed by atoms with E-state index in [9.17, 15) is 0 Å². The fraction of sp³-hybridized carbons (Fsp3) is 0.647. The van der Waals surface area contributed by atoms with Gasteiger partial charge in [0.2, 0.25) is 0 Å². The van der Waals surface area contributed by atoms with Crippen molar-refractivity contribution < 1.29 is 0 Å². The van der Waals surface area contributed by atoms with Crippen LogP contribution in [0.15, 0.2) is 30.3 Å². The minimum atomic E-state index is -2.11. The Kier molecular flexibility index (Phi) is 8.51. The van der Waals surface area contributed by atoms with E-state index in [0.29, 0.717) is 0 Å². The van der Waals surface area contributed by atoms with E-state index in [1.807, 2.05) is 0 Å². The molecule has 0 radical (unpaired) electrons. The SMILES string of the molecule is CCCCP(CCCC)[N](c1ccccc1)[Sn]([CH3])([CH3])[CH3]. The predicted molar refractivity (Wildman–Crippen MR) is 98.7 cm³/mol. The molecule has 0 aliphatic heterocycles. The van der Waals surface area contributed by atoms with Crippen LogP contribution < -0.4 is 2.89 Å². The van der Waals surface area contributed by atoms with E-state index in [1.54, 1.807) is 0 Å². The molecule has 0 heterocycles. The molecule has 1 aromatic rings. The van der Waals surface area contributed by atoms with Gasteiger partial charge in [0.25, 0.3) is 0 Å². The Bertz CT molecular complexity index is 353. The van der Waals surface area contributed by atoms with Gasteiger partial charge in [0.05, 0.1) is 0 Å². The number of rotatable bonds is 9. The van der Waals surface area contributed by atoms with Crippen LogP contribution in [0.3, 0.4) is 0 Å². The number of unbranched alkanes of at least 4 members (excludes halogenated alkanes) is 2. The van der Waals surface area contributed by atoms with Gasteiger partial charge in [-0.05, 0) is 0 Å². The molecule has 0 amide bonds. The van der Waals surface area contributed by atoms with E-state index >= 15 is 0 Å². The molecule has 1 nitrogen and oxygen atoms in total. The van der Waals surface area contributed by atoms with Crippen LogP contribution >= 0.6 is 8.07 Å². The second-order valence-corrected chi connectivity index (χ2v) is 23.5. The third-order valence-electron chi connectivity index (χ3n) is 3.46. The van der Waals surface area contributed by atoms with Crippen LogP contribution in [0.25, 0.3) is 0 Å². The quantitative estimate of drug-likeness (QED) is 0.346. The van der Waals surface area contributed by atoms with Crippen LogP contribution in [-0.2, 0) is 0 Å². The van der Waals surface area contributed by atoms with Crippen molar-refractivity contribution in [2.45, 2.75) is 54.3 Å². The summed E-state index contributed by atoms with van der Waals surface area (Å²) in [6.07, 6.45) is 8.28. The van der Waals surface area contributed by atoms with E-state index in [1.165, 1.54) is 43.7 Å². The number of anilines is 1. The Morgan fingerprint density at radius 3 is 1.80 bits per heavy atom. The molecule has 0 atom stereocenters. The zero-order valence-electron chi connectivity index (χ0n) is 14.0. The monoisotopic (exact) mass is 401 g/mol. The van der Waals surface area contributed by atoms with Crippen LogP contribution in [0.2, 0.25) is 14.8 Å². The number of benzene rings is 1. The van der Waals surface area contributed by atoms with Crippen molar-refractivity contribution >= 4 is 32.4 Å². The zero-order valence-corrected chi connectivity index (χ0v) is 17.8. The summed E-state index contributed by atoms with van der Waals surface area (Å²) in [5, 5.41) is 0. The Morgan fingerprint density at radius 1 is 0.900 bits per heavy atom. The fourth-order valence-corrected chi connectivity index (χ4v) is 17.4. The van der Waals surface area contributed by atoms with E-state index < -0.39 is 18.7 Å². The summed E-state index contributed by atoms with van der Waals surface area (Å²) in [6.45, 7) is 4.64. The number of nitrogens with zero attached hydrogens (tertiary/aromatic N) is 1. The fourth-order valence-electron chi connectivity index (χ4n) is 2.54. The molecule has 3 heteroatoms. The summed E-state index contributed by atoms with van der Waals surface area (Å²) < 4.78 is 2.93. The van der Waals surface area contributed by atoms with Crippen molar-refractivity contribution in [3.63, 3.8) is 0 Å². The van der Waals surface area contributed by atoms with E-state index in [-0.39, 0.29) is 8.07 Å². The maximum atomic E-state index is 2.93. The van der Waals surface area contributed by atoms with Crippen molar-refractivity contribution in [1.82, 2.24) is 0 Å². The Hall–Kier alpha value is 0.249. The summed E-state index contributed by atoms with van der Waals surface area (Å²) in [5.74, 6) is 0. The van der Waals surface area contributed by atoms with Crippen molar-refractivity contribution in [1.29, 1.82) is 0 Å². The predicted octanol–water partition coefficient (Wildman–Crippen LogP) is 6.33. The average Bonchev–Trinajstić information content (AvgIpc) is 2.41. The number of hydrogen-bond acceptors (Lipinski definition) is 1. The first kappa shape index (κ1) is 18.3. The van der Waals surface area contributed by atoms with E-state index in [0.717, 1.165) is 0 Å². The molecule has 1 aromatic carbocycles. The van der Waals surface area contributed by atoms with Crippen LogP contribution in [0.5, 0.6) is 0 Å². The summed E-state index contributed by atoms with van der Waals surface area (Å²) in [5.41, 5.74) is 1.49. The standard InChI is InChI=1S/C14H23NP.3CH3.Sn/c1-3-5-12-16(13-6-4-2)15-14-10-8-7-9-11-14;;;;/h7-11H,3-6,12-13H2,1-2H3;3*1H3;/q-1;;;;+1. The molecule has 0 aliphatic carbocycles. The molecule has 0 saturated heterocycles. The molecule has 0 unspecified atom stereocenters. The maximum absolute atomic E-state index is 2.93. The summed E-state index contributed by atoms with van der Waals surface area (Å²) >= 11 is -2.11. The van der Waals surface area contributed by atoms with Crippen molar-refractivity contribution in [3.05, 3.63) is 30.3 Å². The van der Waals surface area contributed by atoms with Gasteiger partial charge in [-0.1, -0.05) is 0 Å². The van der Waals surface area contributed by atoms with Crippen LogP contribution in [-0.4, -0.2) is 31.0 Å². The third kappa shape index (κ3) is 5.93. The molecule has 0 aromatic heterocycles. The second-order valence-electron chi connectivity index (χ2n) is 6.48. The van der Waals surface area contributed by atoms with Crippen molar-refractivity contribution in [3.8, 4) is 0 Å². The van der Waals surface area contributed by atoms with Crippen molar-refractivity contribution in [2.24, 2.45) is 0 Å². The minimum absolute atomic E-state index is 0.0265. The molecular formula is C17H32NPSn. The molecule has 0 aliphatic rings. The number of para-hydroxylation sites is 1. The molecular weight excluding hydrogens is 368 g/mol. The molecule has 0 fully saturated rings. The Morgan fingerprint density at radius 2 is 1.40 bits per heavy atom. The molecule has 0 bridgehead atoms. The van der Waals surface area contributed by atoms with Crippen LogP contribution in [0.1, 0.15) is 39.5 Å².